The molecule has 1 saturated heterocycles. The lowest BCUT2D eigenvalue weighted by atomic mass is 10.2. The summed E-state index contributed by atoms with van der Waals surface area (Å²) in [6.45, 7) is -0.277. The minimum absolute atomic E-state index is 0. The smallest absolute Gasteiger partial charge is 0.280 e. The van der Waals surface area contributed by atoms with Crippen LogP contribution in [0.2, 0.25) is 0 Å². The molecular weight excluding hydrogens is 270 g/mol. The Morgan fingerprint density at radius 1 is 1.60 bits per heavy atom. The molecule has 1 aliphatic rings. The van der Waals surface area contributed by atoms with Crippen LogP contribution in [0.15, 0.2) is 11.1 Å². The fourth-order valence-corrected chi connectivity index (χ4v) is 2.20. The Bertz CT molecular complexity index is 668. The summed E-state index contributed by atoms with van der Waals surface area (Å²) in [6.07, 6.45) is -0.270. The van der Waals surface area contributed by atoms with Crippen LogP contribution in [0.3, 0.4) is 0 Å². The van der Waals surface area contributed by atoms with Gasteiger partial charge in [-0.05, 0) is 0 Å². The minimum atomic E-state index is -0.771. The van der Waals surface area contributed by atoms with Crippen molar-refractivity contribution >= 4 is 17.1 Å². The molecule has 3 unspecified atom stereocenters. The van der Waals surface area contributed by atoms with Gasteiger partial charge in [-0.25, -0.2) is 4.98 Å². The van der Waals surface area contributed by atoms with Crippen LogP contribution in [-0.2, 0) is 4.74 Å². The molecule has 3 rings (SSSR count). The first-order valence-electron chi connectivity index (χ1n) is 5.77. The molecule has 3 atom stereocenters. The average molecular weight is 285 g/mol. The fraction of sp³-hybridized carbons (Fsp3) is 0.500. The van der Waals surface area contributed by atoms with Gasteiger partial charge in [-0.3, -0.25) is 14.3 Å². The molecule has 20 heavy (non-hydrogen) atoms. The van der Waals surface area contributed by atoms with Gasteiger partial charge in [-0.15, -0.1) is 0 Å². The number of nitrogen functional groups attached to an aromatic ring is 1. The maximum Gasteiger partial charge on any atom is 0.280 e. The van der Waals surface area contributed by atoms with E-state index in [4.69, 9.17) is 15.6 Å². The van der Waals surface area contributed by atoms with E-state index in [1.165, 1.54) is 10.9 Å². The lowest BCUT2D eigenvalue weighted by Gasteiger charge is -2.13. The number of rotatable bonds is 2. The summed E-state index contributed by atoms with van der Waals surface area (Å²) < 4.78 is 7.01. The summed E-state index contributed by atoms with van der Waals surface area (Å²) >= 11 is 0. The lowest BCUT2D eigenvalue weighted by molar-refractivity contribution is -0.0432. The van der Waals surface area contributed by atoms with Crippen LogP contribution in [0.1, 0.15) is 12.6 Å². The molecule has 0 spiro atoms. The molecule has 3 heterocycles. The van der Waals surface area contributed by atoms with Crippen molar-refractivity contribution in [1.82, 2.24) is 19.5 Å². The van der Waals surface area contributed by atoms with Crippen LogP contribution in [0.4, 0.5) is 5.95 Å². The van der Waals surface area contributed by atoms with Crippen molar-refractivity contribution in [2.24, 2.45) is 0 Å². The molecule has 1 fully saturated rings. The molecule has 0 bridgehead atoms. The van der Waals surface area contributed by atoms with E-state index in [9.17, 15) is 9.90 Å². The third-order valence-corrected chi connectivity index (χ3v) is 3.15. The first kappa shape index (κ1) is 14.4. The van der Waals surface area contributed by atoms with Crippen LogP contribution >= 0.6 is 0 Å². The number of hydrogen-bond donors (Lipinski definition) is 4. The highest BCUT2D eigenvalue weighted by atomic mass is 16.5. The molecule has 0 saturated carbocycles. The number of fused-ring (bicyclic) bond motifs is 1. The standard InChI is InChI=1S/C10H13N5O4.H2O/c11-10-13-8-7(9(18)14-10)12-3-15(8)6-1-4(17)5(2-16)19-6;/h3-6,16-17H,1-2H2,(H3,11,13,14,18);1H2. The summed E-state index contributed by atoms with van der Waals surface area (Å²) in [6, 6.07) is 0. The van der Waals surface area contributed by atoms with Gasteiger partial charge in [0.15, 0.2) is 11.2 Å². The van der Waals surface area contributed by atoms with Gasteiger partial charge >= 0.3 is 0 Å². The largest absolute Gasteiger partial charge is 0.412 e. The predicted octanol–water partition coefficient (Wildman–Crippen LogP) is -2.48. The van der Waals surface area contributed by atoms with Crippen LogP contribution in [0.25, 0.3) is 11.2 Å². The van der Waals surface area contributed by atoms with Crippen LogP contribution < -0.4 is 11.3 Å². The predicted molar refractivity (Wildman–Crippen MR) is 67.8 cm³/mol. The van der Waals surface area contributed by atoms with E-state index in [2.05, 4.69) is 15.0 Å². The van der Waals surface area contributed by atoms with Gasteiger partial charge in [0, 0.05) is 6.42 Å². The normalized spacial score (nSPS) is 25.8. The van der Waals surface area contributed by atoms with E-state index in [-0.39, 0.29) is 35.6 Å². The molecule has 1 aliphatic heterocycles. The average Bonchev–Trinajstić information content (AvgIpc) is 2.92. The maximum atomic E-state index is 11.6. The van der Waals surface area contributed by atoms with E-state index in [1.54, 1.807) is 0 Å². The molecule has 10 heteroatoms. The third-order valence-electron chi connectivity index (χ3n) is 3.15. The van der Waals surface area contributed by atoms with Crippen molar-refractivity contribution in [3.8, 4) is 0 Å². The van der Waals surface area contributed by atoms with Crippen molar-refractivity contribution in [3.05, 3.63) is 16.7 Å². The molecule has 10 nitrogen and oxygen atoms in total. The minimum Gasteiger partial charge on any atom is -0.412 e. The third kappa shape index (κ3) is 2.14. The first-order chi connectivity index (χ1) is 9.10. The summed E-state index contributed by atoms with van der Waals surface area (Å²) in [5.74, 6) is -0.0171. The van der Waals surface area contributed by atoms with E-state index in [0.717, 1.165) is 0 Å². The van der Waals surface area contributed by atoms with E-state index in [1.807, 2.05) is 0 Å². The topological polar surface area (TPSA) is 171 Å². The molecular formula is C10H15N5O5. The first-order valence-corrected chi connectivity index (χ1v) is 5.77. The van der Waals surface area contributed by atoms with Crippen LogP contribution in [0.5, 0.6) is 0 Å². The van der Waals surface area contributed by atoms with Crippen LogP contribution in [0, 0.1) is 0 Å². The van der Waals surface area contributed by atoms with Crippen LogP contribution in [-0.4, -0.2) is 54.0 Å². The summed E-state index contributed by atoms with van der Waals surface area (Å²) in [5.41, 5.74) is 5.50. The number of anilines is 1. The second kappa shape index (κ2) is 5.17. The van der Waals surface area contributed by atoms with Crippen molar-refractivity contribution in [2.75, 3.05) is 12.3 Å². The van der Waals surface area contributed by atoms with Gasteiger partial charge in [-0.1, -0.05) is 0 Å². The van der Waals surface area contributed by atoms with Gasteiger partial charge in [0.05, 0.1) is 19.0 Å². The second-order valence-electron chi connectivity index (χ2n) is 4.39. The number of ether oxygens (including phenoxy) is 1. The van der Waals surface area contributed by atoms with E-state index in [0.29, 0.717) is 0 Å². The van der Waals surface area contributed by atoms with Gasteiger partial charge in [0.1, 0.15) is 12.3 Å². The molecule has 7 N–H and O–H groups in total. The Hall–Kier alpha value is -2.01. The molecule has 110 valence electrons. The quantitative estimate of drug-likeness (QED) is 0.473. The number of aliphatic hydroxyl groups excluding tert-OH is 2. The number of imidazole rings is 1. The van der Waals surface area contributed by atoms with Crippen molar-refractivity contribution < 1.29 is 20.4 Å². The molecule has 0 amide bonds. The van der Waals surface area contributed by atoms with Gasteiger partial charge in [-0.2, -0.15) is 4.98 Å². The number of nitrogens with one attached hydrogen (secondary N) is 1. The number of aromatic amines is 1. The Morgan fingerprint density at radius 2 is 2.35 bits per heavy atom. The zero-order chi connectivity index (χ0) is 13.6. The number of H-pyrrole nitrogens is 1. The highest BCUT2D eigenvalue weighted by Gasteiger charge is 2.35. The van der Waals surface area contributed by atoms with Crippen molar-refractivity contribution in [3.63, 3.8) is 0 Å². The van der Waals surface area contributed by atoms with E-state index >= 15 is 0 Å². The number of nitrogens with zero attached hydrogens (tertiary/aromatic N) is 3. The summed E-state index contributed by atoms with van der Waals surface area (Å²) in [5, 5.41) is 18.8. The zero-order valence-electron chi connectivity index (χ0n) is 10.4. The van der Waals surface area contributed by atoms with Gasteiger partial charge in [0.25, 0.3) is 5.56 Å². The Balaban J connectivity index is 0.00000147. The second-order valence-corrected chi connectivity index (χ2v) is 4.39. The Kier molecular flexibility index (Phi) is 3.72. The van der Waals surface area contributed by atoms with E-state index < -0.39 is 24.0 Å². The molecule has 2 aromatic rings. The molecule has 0 aromatic carbocycles. The Morgan fingerprint density at radius 3 is 3.00 bits per heavy atom. The lowest BCUT2D eigenvalue weighted by Crippen LogP contribution is -2.24. The maximum absolute atomic E-state index is 11.6. The zero-order valence-corrected chi connectivity index (χ0v) is 10.4. The SMILES string of the molecule is Nc1nc2c(ncn2C2CC(O)C(CO)O2)c(=O)[nH]1.O. The fourth-order valence-electron chi connectivity index (χ4n) is 2.20. The van der Waals surface area contributed by atoms with Crippen molar-refractivity contribution in [2.45, 2.75) is 24.9 Å². The number of hydrogen-bond acceptors (Lipinski definition) is 7. The molecule has 2 aromatic heterocycles. The number of aliphatic hydroxyl groups is 2. The Labute approximate surface area is 112 Å². The monoisotopic (exact) mass is 285 g/mol. The summed E-state index contributed by atoms with van der Waals surface area (Å²) in [4.78, 5) is 22.0. The van der Waals surface area contributed by atoms with Gasteiger partial charge < -0.3 is 26.2 Å². The van der Waals surface area contributed by atoms with Gasteiger partial charge in [0.2, 0.25) is 5.95 Å². The molecule has 0 aliphatic carbocycles. The van der Waals surface area contributed by atoms with Crippen molar-refractivity contribution in [1.29, 1.82) is 0 Å². The summed E-state index contributed by atoms with van der Waals surface area (Å²) in [7, 11) is 0. The highest BCUT2D eigenvalue weighted by molar-refractivity contribution is 5.70. The molecule has 0 radical (unpaired) electrons. The highest BCUT2D eigenvalue weighted by Crippen LogP contribution is 2.30. The number of aromatic nitrogens is 4. The number of nitrogens with two attached hydrogens (primary N) is 1.